The van der Waals surface area contributed by atoms with Gasteiger partial charge in [0.05, 0.1) is 0 Å². The number of aryl methyl sites for hydroxylation is 2. The molecule has 19 heavy (non-hydrogen) atoms. The van der Waals surface area contributed by atoms with Crippen molar-refractivity contribution < 1.29 is 9.84 Å². The molecule has 2 aromatic rings. The Hall–Kier alpha value is -1.96. The van der Waals surface area contributed by atoms with E-state index in [1.165, 1.54) is 36.0 Å². The number of fused-ring (bicyclic) bond motifs is 1. The van der Waals surface area contributed by atoms with E-state index >= 15 is 0 Å². The molecule has 0 saturated carbocycles. The molecule has 0 atom stereocenters. The van der Waals surface area contributed by atoms with Crippen LogP contribution >= 0.6 is 0 Å². The Kier molecular flexibility index (Phi) is 3.16. The summed E-state index contributed by atoms with van der Waals surface area (Å²) in [6.07, 6.45) is 3.67. The molecule has 2 heteroatoms. The standard InChI is InChI=1S/C17H18O2/c1-12-16(18)6-3-7-17(12)19-11-13-8-9-14-4-2-5-15(14)10-13/h3,6-10,18H,2,4-5,11H2,1H3. The van der Waals surface area contributed by atoms with Crippen LogP contribution in [0.25, 0.3) is 0 Å². The number of hydrogen-bond acceptors (Lipinski definition) is 2. The normalized spacial score (nSPS) is 13.3. The minimum atomic E-state index is 0.284. The van der Waals surface area contributed by atoms with Gasteiger partial charge in [-0.2, -0.15) is 0 Å². The summed E-state index contributed by atoms with van der Waals surface area (Å²) in [6.45, 7) is 2.42. The van der Waals surface area contributed by atoms with Gasteiger partial charge < -0.3 is 9.84 Å². The van der Waals surface area contributed by atoms with Crippen LogP contribution in [0.3, 0.4) is 0 Å². The van der Waals surface area contributed by atoms with Crippen LogP contribution in [0.2, 0.25) is 0 Å². The molecule has 2 aromatic carbocycles. The lowest BCUT2D eigenvalue weighted by molar-refractivity contribution is 0.301. The molecule has 0 radical (unpaired) electrons. The van der Waals surface area contributed by atoms with E-state index in [4.69, 9.17) is 4.74 Å². The second kappa shape index (κ2) is 4.96. The van der Waals surface area contributed by atoms with Gasteiger partial charge in [-0.3, -0.25) is 0 Å². The topological polar surface area (TPSA) is 29.5 Å². The Labute approximate surface area is 113 Å². The molecule has 98 valence electrons. The third-order valence-electron chi connectivity index (χ3n) is 3.81. The summed E-state index contributed by atoms with van der Waals surface area (Å²) in [5.41, 5.74) is 4.94. The predicted octanol–water partition coefficient (Wildman–Crippen LogP) is 3.77. The van der Waals surface area contributed by atoms with Crippen LogP contribution in [-0.4, -0.2) is 5.11 Å². The van der Waals surface area contributed by atoms with E-state index in [2.05, 4.69) is 18.2 Å². The highest BCUT2D eigenvalue weighted by atomic mass is 16.5. The van der Waals surface area contributed by atoms with E-state index in [1.807, 2.05) is 13.0 Å². The Morgan fingerprint density at radius 1 is 1.11 bits per heavy atom. The van der Waals surface area contributed by atoms with Crippen molar-refractivity contribution >= 4 is 0 Å². The molecule has 0 saturated heterocycles. The molecule has 1 aliphatic rings. The average molecular weight is 254 g/mol. The van der Waals surface area contributed by atoms with Crippen LogP contribution in [0.1, 0.15) is 28.7 Å². The van der Waals surface area contributed by atoms with Crippen molar-refractivity contribution in [2.24, 2.45) is 0 Å². The fourth-order valence-corrected chi connectivity index (χ4v) is 2.64. The molecular weight excluding hydrogens is 236 g/mol. The summed E-state index contributed by atoms with van der Waals surface area (Å²) in [5, 5.41) is 9.64. The molecule has 0 bridgehead atoms. The fraction of sp³-hybridized carbons (Fsp3) is 0.294. The van der Waals surface area contributed by atoms with Gasteiger partial charge >= 0.3 is 0 Å². The minimum Gasteiger partial charge on any atom is -0.508 e. The summed E-state index contributed by atoms with van der Waals surface area (Å²) in [4.78, 5) is 0. The molecule has 0 amide bonds. The van der Waals surface area contributed by atoms with Gasteiger partial charge in [0, 0.05) is 5.56 Å². The van der Waals surface area contributed by atoms with Crippen molar-refractivity contribution in [2.45, 2.75) is 32.8 Å². The molecule has 0 spiro atoms. The summed E-state index contributed by atoms with van der Waals surface area (Å²) in [5.74, 6) is 1.03. The van der Waals surface area contributed by atoms with Crippen LogP contribution in [0, 0.1) is 6.92 Å². The van der Waals surface area contributed by atoms with E-state index in [0.717, 1.165) is 11.3 Å². The van der Waals surface area contributed by atoms with Crippen LogP contribution in [0.4, 0.5) is 0 Å². The third-order valence-corrected chi connectivity index (χ3v) is 3.81. The first-order valence-corrected chi connectivity index (χ1v) is 6.76. The SMILES string of the molecule is Cc1c(O)cccc1OCc1ccc2c(c1)CCC2. The number of ether oxygens (including phenoxy) is 1. The van der Waals surface area contributed by atoms with E-state index in [0.29, 0.717) is 6.61 Å². The highest BCUT2D eigenvalue weighted by Gasteiger charge is 2.11. The molecule has 1 aliphatic carbocycles. The van der Waals surface area contributed by atoms with E-state index in [1.54, 1.807) is 12.1 Å². The number of rotatable bonds is 3. The van der Waals surface area contributed by atoms with Gasteiger partial charge in [-0.05, 0) is 55.0 Å². The largest absolute Gasteiger partial charge is 0.508 e. The molecule has 1 N–H and O–H groups in total. The number of phenolic OH excluding ortho intramolecular Hbond substituents is 1. The van der Waals surface area contributed by atoms with Gasteiger partial charge in [-0.1, -0.05) is 24.3 Å². The zero-order valence-electron chi connectivity index (χ0n) is 11.1. The van der Waals surface area contributed by atoms with Crippen molar-refractivity contribution in [3.63, 3.8) is 0 Å². The predicted molar refractivity (Wildman–Crippen MR) is 75.6 cm³/mol. The van der Waals surface area contributed by atoms with Gasteiger partial charge in [-0.15, -0.1) is 0 Å². The van der Waals surface area contributed by atoms with Gasteiger partial charge in [0.15, 0.2) is 0 Å². The average Bonchev–Trinajstić information content (AvgIpc) is 2.88. The Morgan fingerprint density at radius 3 is 2.84 bits per heavy atom. The molecule has 0 aromatic heterocycles. The van der Waals surface area contributed by atoms with Crippen molar-refractivity contribution in [3.8, 4) is 11.5 Å². The monoisotopic (exact) mass is 254 g/mol. The molecule has 2 nitrogen and oxygen atoms in total. The van der Waals surface area contributed by atoms with Crippen LogP contribution in [-0.2, 0) is 19.4 Å². The summed E-state index contributed by atoms with van der Waals surface area (Å²) in [6, 6.07) is 12.0. The van der Waals surface area contributed by atoms with Gasteiger partial charge in [0.25, 0.3) is 0 Å². The van der Waals surface area contributed by atoms with E-state index in [9.17, 15) is 5.11 Å². The van der Waals surface area contributed by atoms with Crippen molar-refractivity contribution in [3.05, 3.63) is 58.7 Å². The van der Waals surface area contributed by atoms with E-state index in [-0.39, 0.29) is 5.75 Å². The highest BCUT2D eigenvalue weighted by molar-refractivity contribution is 5.43. The maximum atomic E-state index is 9.64. The first-order valence-electron chi connectivity index (χ1n) is 6.76. The molecular formula is C17H18O2. The summed E-state index contributed by atoms with van der Waals surface area (Å²) in [7, 11) is 0. The quantitative estimate of drug-likeness (QED) is 0.903. The lowest BCUT2D eigenvalue weighted by atomic mass is 10.1. The molecule has 0 fully saturated rings. The van der Waals surface area contributed by atoms with Crippen molar-refractivity contribution in [1.82, 2.24) is 0 Å². The zero-order chi connectivity index (χ0) is 13.2. The molecule has 0 unspecified atom stereocenters. The lowest BCUT2D eigenvalue weighted by Crippen LogP contribution is -1.98. The third kappa shape index (κ3) is 2.43. The number of phenols is 1. The number of hydrogen-bond donors (Lipinski definition) is 1. The van der Waals surface area contributed by atoms with Crippen LogP contribution in [0.15, 0.2) is 36.4 Å². The van der Waals surface area contributed by atoms with Gasteiger partial charge in [0.2, 0.25) is 0 Å². The maximum Gasteiger partial charge on any atom is 0.126 e. The Bertz CT molecular complexity index is 602. The van der Waals surface area contributed by atoms with Crippen molar-refractivity contribution in [2.75, 3.05) is 0 Å². The summed E-state index contributed by atoms with van der Waals surface area (Å²) < 4.78 is 5.80. The highest BCUT2D eigenvalue weighted by Crippen LogP contribution is 2.27. The minimum absolute atomic E-state index is 0.284. The summed E-state index contributed by atoms with van der Waals surface area (Å²) >= 11 is 0. The van der Waals surface area contributed by atoms with E-state index < -0.39 is 0 Å². The molecule has 0 aliphatic heterocycles. The van der Waals surface area contributed by atoms with Gasteiger partial charge in [0.1, 0.15) is 18.1 Å². The Balaban J connectivity index is 1.74. The van der Waals surface area contributed by atoms with Gasteiger partial charge in [-0.25, -0.2) is 0 Å². The first-order chi connectivity index (χ1) is 9.24. The zero-order valence-corrected chi connectivity index (χ0v) is 11.1. The first kappa shape index (κ1) is 12.1. The number of benzene rings is 2. The lowest BCUT2D eigenvalue weighted by Gasteiger charge is -2.11. The van der Waals surface area contributed by atoms with Crippen LogP contribution in [0.5, 0.6) is 11.5 Å². The molecule has 0 heterocycles. The molecule has 3 rings (SSSR count). The Morgan fingerprint density at radius 2 is 1.95 bits per heavy atom. The fourth-order valence-electron chi connectivity index (χ4n) is 2.64. The smallest absolute Gasteiger partial charge is 0.126 e. The van der Waals surface area contributed by atoms with Crippen LogP contribution < -0.4 is 4.74 Å². The van der Waals surface area contributed by atoms with Crippen molar-refractivity contribution in [1.29, 1.82) is 0 Å². The second-order valence-electron chi connectivity index (χ2n) is 5.15. The number of aromatic hydroxyl groups is 1. The second-order valence-corrected chi connectivity index (χ2v) is 5.15. The maximum absolute atomic E-state index is 9.64.